The summed E-state index contributed by atoms with van der Waals surface area (Å²) in [5, 5.41) is 0. The number of amides is 1. The number of nitrogens with zero attached hydrogens (tertiary/aromatic N) is 1. The van der Waals surface area contributed by atoms with E-state index in [-0.39, 0.29) is 17.8 Å². The summed E-state index contributed by atoms with van der Waals surface area (Å²) in [6.07, 6.45) is 10.6. The van der Waals surface area contributed by atoms with Crippen molar-refractivity contribution in [1.29, 1.82) is 0 Å². The van der Waals surface area contributed by atoms with Crippen molar-refractivity contribution in [2.75, 3.05) is 19.7 Å². The maximum Gasteiger partial charge on any atom is 0.309 e. The van der Waals surface area contributed by atoms with Gasteiger partial charge >= 0.3 is 5.97 Å². The highest BCUT2D eigenvalue weighted by Crippen LogP contribution is 2.29. The first-order chi connectivity index (χ1) is 11.6. The highest BCUT2D eigenvalue weighted by molar-refractivity contribution is 5.77. The lowest BCUT2D eigenvalue weighted by Gasteiger charge is -2.31. The molecule has 1 amide bonds. The molecule has 2 aliphatic rings. The summed E-state index contributed by atoms with van der Waals surface area (Å²) >= 11 is 0. The van der Waals surface area contributed by atoms with Gasteiger partial charge in [0.15, 0.2) is 0 Å². The summed E-state index contributed by atoms with van der Waals surface area (Å²) in [4.78, 5) is 26.4. The Morgan fingerprint density at radius 2 is 1.75 bits per heavy atom. The molecule has 0 N–H and O–H groups in total. The van der Waals surface area contributed by atoms with E-state index < -0.39 is 0 Å². The predicted octanol–water partition coefficient (Wildman–Crippen LogP) is 4.17. The van der Waals surface area contributed by atoms with Crippen LogP contribution in [0.3, 0.4) is 0 Å². The number of piperidine rings is 1. The summed E-state index contributed by atoms with van der Waals surface area (Å²) in [5.74, 6) is 1.64. The van der Waals surface area contributed by atoms with Crippen molar-refractivity contribution in [1.82, 2.24) is 4.90 Å². The Balaban J connectivity index is 1.59. The van der Waals surface area contributed by atoms with E-state index >= 15 is 0 Å². The molecule has 138 valence electrons. The first-order valence-corrected chi connectivity index (χ1v) is 10.0. The van der Waals surface area contributed by atoms with Crippen LogP contribution in [0, 0.1) is 17.8 Å². The lowest BCUT2D eigenvalue weighted by Crippen LogP contribution is -2.40. The monoisotopic (exact) mass is 337 g/mol. The van der Waals surface area contributed by atoms with E-state index in [9.17, 15) is 9.59 Å². The van der Waals surface area contributed by atoms with E-state index in [0.717, 1.165) is 51.1 Å². The minimum absolute atomic E-state index is 0.0112. The Bertz CT molecular complexity index is 394. The quantitative estimate of drug-likeness (QED) is 0.493. The van der Waals surface area contributed by atoms with E-state index in [2.05, 4.69) is 13.8 Å². The molecule has 0 spiro atoms. The van der Waals surface area contributed by atoms with Gasteiger partial charge in [-0.05, 0) is 43.9 Å². The molecular formula is C20H35NO3. The molecule has 1 saturated heterocycles. The second kappa shape index (κ2) is 10.0. The third-order valence-electron chi connectivity index (χ3n) is 5.59. The molecule has 4 heteroatoms. The maximum atomic E-state index is 12.3. The molecular weight excluding hydrogens is 302 g/mol. The molecule has 1 aliphatic heterocycles. The molecule has 4 nitrogen and oxygen atoms in total. The van der Waals surface area contributed by atoms with E-state index in [0.29, 0.717) is 18.9 Å². The van der Waals surface area contributed by atoms with Crippen molar-refractivity contribution in [3.05, 3.63) is 0 Å². The minimum Gasteiger partial charge on any atom is -0.465 e. The van der Waals surface area contributed by atoms with Crippen LogP contribution in [0.25, 0.3) is 0 Å². The van der Waals surface area contributed by atoms with E-state index in [1.807, 2.05) is 4.90 Å². The number of likely N-dealkylation sites (tertiary alicyclic amines) is 1. The predicted molar refractivity (Wildman–Crippen MR) is 95.5 cm³/mol. The van der Waals surface area contributed by atoms with Gasteiger partial charge in [-0.25, -0.2) is 0 Å². The molecule has 0 bridgehead atoms. The molecule has 1 saturated carbocycles. The molecule has 24 heavy (non-hydrogen) atoms. The molecule has 0 aromatic rings. The van der Waals surface area contributed by atoms with Gasteiger partial charge in [-0.1, -0.05) is 39.5 Å². The maximum absolute atomic E-state index is 12.3. The van der Waals surface area contributed by atoms with Gasteiger partial charge in [-0.2, -0.15) is 0 Å². The molecule has 0 aromatic heterocycles. The van der Waals surface area contributed by atoms with Crippen LogP contribution in [-0.2, 0) is 14.3 Å². The van der Waals surface area contributed by atoms with Gasteiger partial charge in [0.1, 0.15) is 0 Å². The van der Waals surface area contributed by atoms with Gasteiger partial charge in [0, 0.05) is 19.5 Å². The summed E-state index contributed by atoms with van der Waals surface area (Å²) in [5.41, 5.74) is 0. The summed E-state index contributed by atoms with van der Waals surface area (Å²) in [7, 11) is 0. The van der Waals surface area contributed by atoms with Crippen LogP contribution in [-0.4, -0.2) is 36.5 Å². The van der Waals surface area contributed by atoms with Crippen molar-refractivity contribution in [2.24, 2.45) is 17.8 Å². The Kier molecular flexibility index (Phi) is 8.07. The second-order valence-corrected chi connectivity index (χ2v) is 8.05. The van der Waals surface area contributed by atoms with Crippen LogP contribution in [0.4, 0.5) is 0 Å². The highest BCUT2D eigenvalue weighted by Gasteiger charge is 2.28. The average molecular weight is 338 g/mol. The summed E-state index contributed by atoms with van der Waals surface area (Å²) in [6, 6.07) is 0. The van der Waals surface area contributed by atoms with Crippen LogP contribution >= 0.6 is 0 Å². The Morgan fingerprint density at radius 3 is 2.38 bits per heavy atom. The normalized spacial score (nSPS) is 19.9. The molecule has 2 rings (SSSR count). The van der Waals surface area contributed by atoms with Crippen molar-refractivity contribution >= 4 is 11.9 Å². The molecule has 0 atom stereocenters. The van der Waals surface area contributed by atoms with E-state index in [1.165, 1.54) is 25.7 Å². The largest absolute Gasteiger partial charge is 0.465 e. The number of hydrogen-bond acceptors (Lipinski definition) is 3. The van der Waals surface area contributed by atoms with Crippen LogP contribution in [0.2, 0.25) is 0 Å². The van der Waals surface area contributed by atoms with Crippen LogP contribution in [0.15, 0.2) is 0 Å². The standard InChI is InChI=1S/C20H35NO3/c1-16(2)6-5-15-24-20(23)18-11-13-21(14-12-18)19(22)10-9-17-7-3-4-8-17/h16-18H,3-15H2,1-2H3. The van der Waals surface area contributed by atoms with Gasteiger partial charge in [0.05, 0.1) is 12.5 Å². The number of rotatable bonds is 8. The van der Waals surface area contributed by atoms with Crippen LogP contribution < -0.4 is 0 Å². The molecule has 0 unspecified atom stereocenters. The number of esters is 1. The first kappa shape index (κ1) is 19.3. The first-order valence-electron chi connectivity index (χ1n) is 10.0. The molecule has 0 radical (unpaired) electrons. The van der Waals surface area contributed by atoms with Gasteiger partial charge in [-0.15, -0.1) is 0 Å². The van der Waals surface area contributed by atoms with Gasteiger partial charge in [-0.3, -0.25) is 9.59 Å². The van der Waals surface area contributed by atoms with Crippen molar-refractivity contribution in [3.8, 4) is 0 Å². The fourth-order valence-corrected chi connectivity index (χ4v) is 3.93. The van der Waals surface area contributed by atoms with Crippen LogP contribution in [0.1, 0.15) is 78.1 Å². The number of hydrogen-bond donors (Lipinski definition) is 0. The average Bonchev–Trinajstić information content (AvgIpc) is 3.10. The Morgan fingerprint density at radius 1 is 1.08 bits per heavy atom. The molecule has 0 aromatic carbocycles. The smallest absolute Gasteiger partial charge is 0.309 e. The fourth-order valence-electron chi connectivity index (χ4n) is 3.93. The zero-order valence-electron chi connectivity index (χ0n) is 15.6. The zero-order valence-corrected chi connectivity index (χ0v) is 15.6. The van der Waals surface area contributed by atoms with Gasteiger partial charge < -0.3 is 9.64 Å². The minimum atomic E-state index is -0.0585. The highest BCUT2D eigenvalue weighted by atomic mass is 16.5. The third kappa shape index (κ3) is 6.45. The summed E-state index contributed by atoms with van der Waals surface area (Å²) in [6.45, 7) is 6.34. The molecule has 1 aliphatic carbocycles. The van der Waals surface area contributed by atoms with Gasteiger partial charge in [0.2, 0.25) is 5.91 Å². The topological polar surface area (TPSA) is 46.6 Å². The Labute approximate surface area is 147 Å². The van der Waals surface area contributed by atoms with E-state index in [1.54, 1.807) is 0 Å². The molecule has 1 heterocycles. The molecule has 2 fully saturated rings. The third-order valence-corrected chi connectivity index (χ3v) is 5.59. The SMILES string of the molecule is CC(C)CCCOC(=O)C1CCN(C(=O)CCC2CCCC2)CC1. The second-order valence-electron chi connectivity index (χ2n) is 8.05. The number of carbonyl (C=O) groups is 2. The fraction of sp³-hybridized carbons (Fsp3) is 0.900. The lowest BCUT2D eigenvalue weighted by atomic mass is 9.96. The van der Waals surface area contributed by atoms with Crippen molar-refractivity contribution < 1.29 is 14.3 Å². The zero-order chi connectivity index (χ0) is 17.4. The van der Waals surface area contributed by atoms with Crippen LogP contribution in [0.5, 0.6) is 0 Å². The number of carbonyl (C=O) groups excluding carboxylic acids is 2. The Hall–Kier alpha value is -1.06. The van der Waals surface area contributed by atoms with Crippen molar-refractivity contribution in [3.63, 3.8) is 0 Å². The van der Waals surface area contributed by atoms with E-state index in [4.69, 9.17) is 4.74 Å². The lowest BCUT2D eigenvalue weighted by molar-refractivity contribution is -0.152. The van der Waals surface area contributed by atoms with Crippen molar-refractivity contribution in [2.45, 2.75) is 78.1 Å². The summed E-state index contributed by atoms with van der Waals surface area (Å²) < 4.78 is 5.40. The number of ether oxygens (including phenoxy) is 1. The van der Waals surface area contributed by atoms with Gasteiger partial charge in [0.25, 0.3) is 0 Å².